The van der Waals surface area contributed by atoms with Gasteiger partial charge in [-0.3, -0.25) is 9.59 Å². The Hall–Kier alpha value is -3.56. The predicted molar refractivity (Wildman–Crippen MR) is 159 cm³/mol. The van der Waals surface area contributed by atoms with Crippen molar-refractivity contribution in [1.29, 1.82) is 0 Å². The smallest absolute Gasteiger partial charge is 0.243 e. The molecule has 1 saturated heterocycles. The van der Waals surface area contributed by atoms with E-state index in [9.17, 15) is 22.4 Å². The number of nitrogens with zero attached hydrogens (tertiary/aromatic N) is 3. The third-order valence-electron chi connectivity index (χ3n) is 8.28. The molecule has 7 nitrogen and oxygen atoms in total. The third kappa shape index (κ3) is 6.90. The van der Waals surface area contributed by atoms with Gasteiger partial charge in [0.05, 0.1) is 11.4 Å². The normalized spacial score (nSPS) is 19.1. The van der Waals surface area contributed by atoms with Crippen LogP contribution in [0.2, 0.25) is 0 Å². The van der Waals surface area contributed by atoms with Crippen LogP contribution in [0.15, 0.2) is 89.8 Å². The molecule has 0 unspecified atom stereocenters. The Balaban J connectivity index is 1.29. The summed E-state index contributed by atoms with van der Waals surface area (Å²) in [6.45, 7) is 2.98. The summed E-state index contributed by atoms with van der Waals surface area (Å²) in [7, 11) is -3.88. The van der Waals surface area contributed by atoms with E-state index in [1.54, 1.807) is 35.2 Å². The molecule has 3 aromatic carbocycles. The first kappa shape index (κ1) is 29.9. The first-order valence-electron chi connectivity index (χ1n) is 14.7. The second kappa shape index (κ2) is 13.2. The molecule has 1 aliphatic heterocycles. The number of benzene rings is 3. The second-order valence-corrected chi connectivity index (χ2v) is 13.2. The lowest BCUT2D eigenvalue weighted by Crippen LogP contribution is -2.51. The Morgan fingerprint density at radius 1 is 0.929 bits per heavy atom. The summed E-state index contributed by atoms with van der Waals surface area (Å²) in [6.07, 6.45) is 2.56. The molecule has 0 spiro atoms. The summed E-state index contributed by atoms with van der Waals surface area (Å²) in [5.74, 6) is -0.299. The van der Waals surface area contributed by atoms with Gasteiger partial charge in [-0.05, 0) is 67.0 Å². The van der Waals surface area contributed by atoms with Gasteiger partial charge in [-0.1, -0.05) is 67.6 Å². The van der Waals surface area contributed by atoms with Crippen molar-refractivity contribution in [3.63, 3.8) is 0 Å². The molecule has 42 heavy (non-hydrogen) atoms. The van der Waals surface area contributed by atoms with Gasteiger partial charge in [-0.25, -0.2) is 12.8 Å². The molecule has 0 radical (unpaired) electrons. The number of carbonyl (C=O) groups excluding carboxylic acids is 2. The summed E-state index contributed by atoms with van der Waals surface area (Å²) >= 11 is 0. The highest BCUT2D eigenvalue weighted by Gasteiger charge is 2.46. The lowest BCUT2D eigenvalue weighted by atomic mass is 10.0. The standard InChI is InChI=1S/C33H38FN3O4S/c1-2-18-36(42(40,41)29-14-7-4-8-15-29)24-32(38)37(23-25-10-9-13-27(34)21-25)28-16-19-35(20-17-28)33(39)31-22-30(31)26-11-5-3-6-12-26/h3-15,21,28,30-31H,2,16-20,22-24H2,1H3/t30-,31-/m1/s1. The number of rotatable bonds is 11. The Kier molecular flexibility index (Phi) is 9.38. The van der Waals surface area contributed by atoms with E-state index in [4.69, 9.17) is 0 Å². The van der Waals surface area contributed by atoms with E-state index < -0.39 is 15.8 Å². The van der Waals surface area contributed by atoms with Gasteiger partial charge in [0.1, 0.15) is 5.82 Å². The number of likely N-dealkylation sites (tertiary alicyclic amines) is 1. The van der Waals surface area contributed by atoms with Gasteiger partial charge in [0.25, 0.3) is 0 Å². The minimum atomic E-state index is -3.88. The highest BCUT2D eigenvalue weighted by molar-refractivity contribution is 7.89. The van der Waals surface area contributed by atoms with E-state index in [0.717, 1.165) is 6.42 Å². The second-order valence-electron chi connectivity index (χ2n) is 11.2. The van der Waals surface area contributed by atoms with E-state index in [-0.39, 0.29) is 54.2 Å². The SMILES string of the molecule is CCCN(CC(=O)N(Cc1cccc(F)c1)C1CCN(C(=O)[C@@H]2C[C@@H]2c2ccccc2)CC1)S(=O)(=O)c1ccccc1. The summed E-state index contributed by atoms with van der Waals surface area (Å²) in [6, 6.07) is 24.2. The van der Waals surface area contributed by atoms with Crippen molar-refractivity contribution in [2.45, 2.75) is 56.0 Å². The average molecular weight is 592 g/mol. The van der Waals surface area contributed by atoms with Crippen molar-refractivity contribution in [2.24, 2.45) is 5.92 Å². The predicted octanol–water partition coefficient (Wildman–Crippen LogP) is 5.05. The molecule has 2 amide bonds. The van der Waals surface area contributed by atoms with Crippen LogP contribution in [0, 0.1) is 11.7 Å². The Labute approximate surface area is 248 Å². The molecule has 1 heterocycles. The van der Waals surface area contributed by atoms with Crippen LogP contribution < -0.4 is 0 Å². The third-order valence-corrected chi connectivity index (χ3v) is 10.1. The van der Waals surface area contributed by atoms with Crippen molar-refractivity contribution in [3.05, 3.63) is 102 Å². The maximum atomic E-state index is 14.1. The Morgan fingerprint density at radius 2 is 1.60 bits per heavy atom. The zero-order valence-electron chi connectivity index (χ0n) is 23.9. The van der Waals surface area contributed by atoms with Gasteiger partial charge in [0.2, 0.25) is 21.8 Å². The fourth-order valence-corrected chi connectivity index (χ4v) is 7.44. The highest BCUT2D eigenvalue weighted by Crippen LogP contribution is 2.48. The zero-order chi connectivity index (χ0) is 29.7. The van der Waals surface area contributed by atoms with Crippen LogP contribution in [0.1, 0.15) is 49.7 Å². The monoisotopic (exact) mass is 591 g/mol. The fraction of sp³-hybridized carbons (Fsp3) is 0.394. The fourth-order valence-electron chi connectivity index (χ4n) is 5.94. The maximum absolute atomic E-state index is 14.1. The van der Waals surface area contributed by atoms with Crippen molar-refractivity contribution in [2.75, 3.05) is 26.2 Å². The van der Waals surface area contributed by atoms with Crippen molar-refractivity contribution in [3.8, 4) is 0 Å². The topological polar surface area (TPSA) is 78.0 Å². The molecule has 5 rings (SSSR count). The summed E-state index contributed by atoms with van der Waals surface area (Å²) in [5, 5.41) is 0. The van der Waals surface area contributed by atoms with Crippen LogP contribution in [-0.2, 0) is 26.2 Å². The van der Waals surface area contributed by atoms with E-state index in [1.807, 2.05) is 30.0 Å². The first-order valence-corrected chi connectivity index (χ1v) is 16.1. The van der Waals surface area contributed by atoms with E-state index >= 15 is 0 Å². The molecule has 9 heteroatoms. The van der Waals surface area contributed by atoms with Crippen LogP contribution in [0.25, 0.3) is 0 Å². The molecule has 1 aliphatic carbocycles. The van der Waals surface area contributed by atoms with Gasteiger partial charge in [-0.15, -0.1) is 0 Å². The molecular weight excluding hydrogens is 553 g/mol. The van der Waals surface area contributed by atoms with Gasteiger partial charge < -0.3 is 9.80 Å². The number of hydrogen-bond acceptors (Lipinski definition) is 4. The summed E-state index contributed by atoms with van der Waals surface area (Å²) < 4.78 is 42.2. The average Bonchev–Trinajstić information content (AvgIpc) is 3.81. The van der Waals surface area contributed by atoms with E-state index in [2.05, 4.69) is 12.1 Å². The largest absolute Gasteiger partial charge is 0.342 e. The number of hydrogen-bond donors (Lipinski definition) is 0. The first-order chi connectivity index (χ1) is 20.3. The Bertz CT molecular complexity index is 1480. The lowest BCUT2D eigenvalue weighted by molar-refractivity contribution is -0.138. The quantitative estimate of drug-likeness (QED) is 0.313. The van der Waals surface area contributed by atoms with Gasteiger partial charge in [-0.2, -0.15) is 4.31 Å². The number of sulfonamides is 1. The molecule has 2 atom stereocenters. The Morgan fingerprint density at radius 3 is 2.24 bits per heavy atom. The minimum Gasteiger partial charge on any atom is -0.342 e. The molecule has 222 valence electrons. The molecular formula is C33H38FN3O4S. The molecule has 0 aromatic heterocycles. The van der Waals surface area contributed by atoms with E-state index in [1.165, 1.54) is 34.1 Å². The molecule has 3 aromatic rings. The molecule has 2 fully saturated rings. The maximum Gasteiger partial charge on any atom is 0.243 e. The van der Waals surface area contributed by atoms with Crippen LogP contribution in [0.3, 0.4) is 0 Å². The van der Waals surface area contributed by atoms with Crippen molar-refractivity contribution >= 4 is 21.8 Å². The molecule has 1 saturated carbocycles. The summed E-state index contributed by atoms with van der Waals surface area (Å²) in [4.78, 5) is 30.9. The van der Waals surface area contributed by atoms with E-state index in [0.29, 0.717) is 37.9 Å². The van der Waals surface area contributed by atoms with Crippen LogP contribution in [0.5, 0.6) is 0 Å². The van der Waals surface area contributed by atoms with Crippen molar-refractivity contribution < 1.29 is 22.4 Å². The molecule has 0 bridgehead atoms. The minimum absolute atomic E-state index is 0.000209. The number of halogens is 1. The molecule has 2 aliphatic rings. The zero-order valence-corrected chi connectivity index (χ0v) is 24.8. The van der Waals surface area contributed by atoms with Gasteiger partial charge in [0.15, 0.2) is 0 Å². The van der Waals surface area contributed by atoms with Crippen LogP contribution in [0.4, 0.5) is 4.39 Å². The number of amides is 2. The van der Waals surface area contributed by atoms with Crippen LogP contribution in [-0.4, -0.2) is 66.6 Å². The van der Waals surface area contributed by atoms with Gasteiger partial charge in [0, 0.05) is 38.1 Å². The van der Waals surface area contributed by atoms with Gasteiger partial charge >= 0.3 is 0 Å². The van der Waals surface area contributed by atoms with Crippen molar-refractivity contribution in [1.82, 2.24) is 14.1 Å². The molecule has 0 N–H and O–H groups in total. The lowest BCUT2D eigenvalue weighted by Gasteiger charge is -2.39. The van der Waals surface area contributed by atoms with Crippen LogP contribution >= 0.6 is 0 Å². The summed E-state index contributed by atoms with van der Waals surface area (Å²) in [5.41, 5.74) is 1.83. The number of carbonyl (C=O) groups is 2. The highest BCUT2D eigenvalue weighted by atomic mass is 32.2. The number of piperidine rings is 1.